The standard InChI is InChI=1S/C24H22N4O2S/c1-30-18-9-5-8-17(12-18)24-25-13-19(31-24)14-28-11-10-21-20(15-28)23(29)27-22(26-21)16-6-3-2-4-7-16/h2-9,12-13H,10-11,14-15H2,1H3,(H,26,27,29). The average Bonchev–Trinajstić information content (AvgIpc) is 3.28. The van der Waals surface area contributed by atoms with E-state index in [0.29, 0.717) is 12.4 Å². The lowest BCUT2D eigenvalue weighted by molar-refractivity contribution is 0.244. The van der Waals surface area contributed by atoms with E-state index in [-0.39, 0.29) is 5.56 Å². The van der Waals surface area contributed by atoms with Gasteiger partial charge in [0.15, 0.2) is 0 Å². The van der Waals surface area contributed by atoms with Gasteiger partial charge in [-0.15, -0.1) is 11.3 Å². The van der Waals surface area contributed by atoms with Crippen LogP contribution in [0.2, 0.25) is 0 Å². The number of aromatic amines is 1. The number of nitrogens with zero attached hydrogens (tertiary/aromatic N) is 3. The molecule has 31 heavy (non-hydrogen) atoms. The smallest absolute Gasteiger partial charge is 0.255 e. The molecule has 0 amide bonds. The molecule has 0 fully saturated rings. The number of H-pyrrole nitrogens is 1. The predicted octanol–water partition coefficient (Wildman–Crippen LogP) is 4.13. The summed E-state index contributed by atoms with van der Waals surface area (Å²) in [6, 6.07) is 17.7. The van der Waals surface area contributed by atoms with Crippen molar-refractivity contribution in [2.75, 3.05) is 13.7 Å². The molecule has 7 heteroatoms. The van der Waals surface area contributed by atoms with Gasteiger partial charge in [-0.2, -0.15) is 0 Å². The summed E-state index contributed by atoms with van der Waals surface area (Å²) >= 11 is 1.67. The number of hydrogen-bond donors (Lipinski definition) is 1. The number of rotatable bonds is 5. The van der Waals surface area contributed by atoms with Crippen LogP contribution >= 0.6 is 11.3 Å². The second kappa shape index (κ2) is 8.45. The molecule has 3 heterocycles. The lowest BCUT2D eigenvalue weighted by Gasteiger charge is -2.27. The fraction of sp³-hybridized carbons (Fsp3) is 0.208. The Morgan fingerprint density at radius 1 is 1.13 bits per heavy atom. The van der Waals surface area contributed by atoms with E-state index in [2.05, 4.69) is 14.9 Å². The van der Waals surface area contributed by atoms with E-state index < -0.39 is 0 Å². The molecule has 1 aliphatic rings. The lowest BCUT2D eigenvalue weighted by Crippen LogP contribution is -2.35. The van der Waals surface area contributed by atoms with Crippen molar-refractivity contribution in [1.29, 1.82) is 0 Å². The minimum atomic E-state index is -0.0464. The Morgan fingerprint density at radius 2 is 1.97 bits per heavy atom. The van der Waals surface area contributed by atoms with Gasteiger partial charge in [0.1, 0.15) is 16.6 Å². The number of nitrogens with one attached hydrogen (secondary N) is 1. The number of fused-ring (bicyclic) bond motifs is 1. The van der Waals surface area contributed by atoms with E-state index in [4.69, 9.17) is 9.72 Å². The van der Waals surface area contributed by atoms with Crippen molar-refractivity contribution in [2.24, 2.45) is 0 Å². The molecule has 2 aromatic carbocycles. The number of hydrogen-bond acceptors (Lipinski definition) is 6. The summed E-state index contributed by atoms with van der Waals surface area (Å²) in [6.07, 6.45) is 2.69. The molecule has 2 aromatic heterocycles. The fourth-order valence-electron chi connectivity index (χ4n) is 3.84. The van der Waals surface area contributed by atoms with Gasteiger partial charge >= 0.3 is 0 Å². The Bertz CT molecular complexity index is 1270. The summed E-state index contributed by atoms with van der Waals surface area (Å²) < 4.78 is 5.32. The van der Waals surface area contributed by atoms with Gasteiger partial charge in [0.25, 0.3) is 5.56 Å². The average molecular weight is 431 g/mol. The Kier molecular flexibility index (Phi) is 5.36. The second-order valence-electron chi connectivity index (χ2n) is 7.53. The van der Waals surface area contributed by atoms with E-state index in [0.717, 1.165) is 52.7 Å². The zero-order valence-corrected chi connectivity index (χ0v) is 18.0. The Hall–Kier alpha value is -3.29. The van der Waals surface area contributed by atoms with E-state index in [9.17, 15) is 4.79 Å². The van der Waals surface area contributed by atoms with Crippen LogP contribution < -0.4 is 10.3 Å². The van der Waals surface area contributed by atoms with Gasteiger partial charge in [-0.3, -0.25) is 9.69 Å². The topological polar surface area (TPSA) is 71.1 Å². The molecular formula is C24H22N4O2S. The summed E-state index contributed by atoms with van der Waals surface area (Å²) in [7, 11) is 1.67. The number of thiazole rings is 1. The van der Waals surface area contributed by atoms with Crippen molar-refractivity contribution in [1.82, 2.24) is 19.9 Å². The molecule has 0 unspecified atom stereocenters. The van der Waals surface area contributed by atoms with Crippen molar-refractivity contribution in [3.8, 4) is 27.7 Å². The monoisotopic (exact) mass is 430 g/mol. The third-order valence-corrected chi connectivity index (χ3v) is 6.48. The number of ether oxygens (including phenoxy) is 1. The van der Waals surface area contributed by atoms with Gasteiger partial charge in [0, 0.05) is 48.3 Å². The molecule has 1 N–H and O–H groups in total. The molecule has 0 atom stereocenters. The first-order valence-electron chi connectivity index (χ1n) is 10.2. The van der Waals surface area contributed by atoms with E-state index >= 15 is 0 Å². The lowest BCUT2D eigenvalue weighted by atomic mass is 10.1. The van der Waals surface area contributed by atoms with Gasteiger partial charge in [0.05, 0.1) is 18.4 Å². The first kappa shape index (κ1) is 19.7. The molecule has 0 aliphatic carbocycles. The van der Waals surface area contributed by atoms with Gasteiger partial charge in [0.2, 0.25) is 0 Å². The number of aromatic nitrogens is 3. The van der Waals surface area contributed by atoms with Crippen LogP contribution in [0.4, 0.5) is 0 Å². The predicted molar refractivity (Wildman–Crippen MR) is 122 cm³/mol. The van der Waals surface area contributed by atoms with E-state index in [1.54, 1.807) is 18.4 Å². The molecule has 156 valence electrons. The van der Waals surface area contributed by atoms with Crippen LogP contribution in [0.3, 0.4) is 0 Å². The van der Waals surface area contributed by atoms with Gasteiger partial charge in [-0.05, 0) is 12.1 Å². The van der Waals surface area contributed by atoms with Crippen LogP contribution in [0, 0.1) is 0 Å². The van der Waals surface area contributed by atoms with Crippen molar-refractivity contribution >= 4 is 11.3 Å². The maximum Gasteiger partial charge on any atom is 0.255 e. The highest BCUT2D eigenvalue weighted by molar-refractivity contribution is 7.15. The SMILES string of the molecule is COc1cccc(-c2ncc(CN3CCc4nc(-c5ccccc5)[nH]c(=O)c4C3)s2)c1. The number of methoxy groups -OCH3 is 1. The first-order chi connectivity index (χ1) is 15.2. The molecule has 0 saturated carbocycles. The summed E-state index contributed by atoms with van der Waals surface area (Å²) in [5.41, 5.74) is 3.60. The zero-order valence-electron chi connectivity index (χ0n) is 17.2. The summed E-state index contributed by atoms with van der Waals surface area (Å²) in [6.45, 7) is 2.23. The molecule has 0 spiro atoms. The van der Waals surface area contributed by atoms with Crippen LogP contribution in [0.25, 0.3) is 22.0 Å². The van der Waals surface area contributed by atoms with Crippen molar-refractivity contribution in [2.45, 2.75) is 19.5 Å². The third kappa shape index (κ3) is 4.15. The summed E-state index contributed by atoms with van der Waals surface area (Å²) in [5.74, 6) is 1.46. The van der Waals surface area contributed by atoms with Crippen LogP contribution in [-0.4, -0.2) is 33.5 Å². The quantitative estimate of drug-likeness (QED) is 0.516. The molecular weight excluding hydrogens is 408 g/mol. The molecule has 5 rings (SSSR count). The van der Waals surface area contributed by atoms with Crippen molar-refractivity contribution in [3.05, 3.63) is 87.3 Å². The molecule has 1 aliphatic heterocycles. The van der Waals surface area contributed by atoms with Crippen LogP contribution in [-0.2, 0) is 19.5 Å². The highest BCUT2D eigenvalue weighted by Gasteiger charge is 2.22. The van der Waals surface area contributed by atoms with Crippen molar-refractivity contribution in [3.63, 3.8) is 0 Å². The van der Waals surface area contributed by atoms with Crippen LogP contribution in [0.1, 0.15) is 16.1 Å². The summed E-state index contributed by atoms with van der Waals surface area (Å²) in [4.78, 5) is 28.5. The van der Waals surface area contributed by atoms with Crippen molar-refractivity contribution < 1.29 is 4.74 Å². The molecule has 0 saturated heterocycles. The van der Waals surface area contributed by atoms with Gasteiger partial charge < -0.3 is 9.72 Å². The Labute approximate surface area is 184 Å². The maximum atomic E-state index is 12.8. The largest absolute Gasteiger partial charge is 0.497 e. The second-order valence-corrected chi connectivity index (χ2v) is 8.65. The molecule has 0 bridgehead atoms. The zero-order chi connectivity index (χ0) is 21.2. The number of benzene rings is 2. The minimum Gasteiger partial charge on any atom is -0.497 e. The highest BCUT2D eigenvalue weighted by atomic mass is 32.1. The van der Waals surface area contributed by atoms with Crippen LogP contribution in [0.15, 0.2) is 65.6 Å². The summed E-state index contributed by atoms with van der Waals surface area (Å²) in [5, 5.41) is 0.971. The minimum absolute atomic E-state index is 0.0464. The fourth-order valence-corrected chi connectivity index (χ4v) is 4.79. The maximum absolute atomic E-state index is 12.8. The van der Waals surface area contributed by atoms with Crippen LogP contribution in [0.5, 0.6) is 5.75 Å². The first-order valence-corrected chi connectivity index (χ1v) is 11.0. The highest BCUT2D eigenvalue weighted by Crippen LogP contribution is 2.29. The van der Waals surface area contributed by atoms with Gasteiger partial charge in [-0.1, -0.05) is 42.5 Å². The van der Waals surface area contributed by atoms with Gasteiger partial charge in [-0.25, -0.2) is 9.97 Å². The molecule has 4 aromatic rings. The molecule has 6 nitrogen and oxygen atoms in total. The molecule has 0 radical (unpaired) electrons. The van der Waals surface area contributed by atoms with E-state index in [1.165, 1.54) is 4.88 Å². The third-order valence-electron chi connectivity index (χ3n) is 5.44. The Morgan fingerprint density at radius 3 is 2.81 bits per heavy atom. The Balaban J connectivity index is 1.33. The normalized spacial score (nSPS) is 13.7. The van der Waals surface area contributed by atoms with E-state index in [1.807, 2.05) is 60.8 Å².